The molecular formula is C57H67FN4O9. The number of rotatable bonds is 22. The highest BCUT2D eigenvalue weighted by molar-refractivity contribution is 6.26. The number of benzene rings is 4. The van der Waals surface area contributed by atoms with Crippen molar-refractivity contribution in [2.45, 2.75) is 104 Å². The van der Waals surface area contributed by atoms with Gasteiger partial charge in [0, 0.05) is 48.8 Å². The van der Waals surface area contributed by atoms with E-state index in [0.29, 0.717) is 38.2 Å². The Morgan fingerprint density at radius 1 is 0.845 bits per heavy atom. The number of carbonyl (C=O) groups excluding carboxylic acids is 3. The molecule has 2 N–H and O–H groups in total. The van der Waals surface area contributed by atoms with Crippen molar-refractivity contribution in [1.82, 2.24) is 15.0 Å². The fourth-order valence-corrected chi connectivity index (χ4v) is 10.6. The lowest BCUT2D eigenvalue weighted by atomic mass is 9.57. The van der Waals surface area contributed by atoms with Crippen molar-refractivity contribution in [2.24, 2.45) is 17.8 Å². The highest BCUT2D eigenvalue weighted by atomic mass is 19.1. The van der Waals surface area contributed by atoms with E-state index in [-0.39, 0.29) is 96.9 Å². The zero-order valence-electron chi connectivity index (χ0n) is 41.8. The van der Waals surface area contributed by atoms with E-state index in [1.165, 1.54) is 0 Å². The van der Waals surface area contributed by atoms with Crippen LogP contribution < -0.4 is 14.4 Å². The van der Waals surface area contributed by atoms with Gasteiger partial charge in [-0.3, -0.25) is 24.2 Å². The standard InChI is InChI=1S/C57H67FN4O9/c1-7-9-26-68-52-46-41(28-40-29-43-50(60(5)6)53-47(56(59-71-53)69-27-10-8-2)55(66)57(43,67)54(65)45(40)51(46)64)48(58)42(33-61(30-36(3)4)34-44(63)70-35-39-24-18-13-19-25-39)49(52)62(31-37-20-14-11-15-21-37)32-38-22-16-12-17-23-38/h11-25,36,40,43,50,64,67H,7-10,26-35H2,1-6H3/t40-,43-,50-,57-/m0/s1. The van der Waals surface area contributed by atoms with Crippen LogP contribution in [0.3, 0.4) is 0 Å². The van der Waals surface area contributed by atoms with Gasteiger partial charge >= 0.3 is 5.97 Å². The molecule has 5 aromatic rings. The summed E-state index contributed by atoms with van der Waals surface area (Å²) >= 11 is 0. The van der Waals surface area contributed by atoms with Crippen LogP contribution in [0.2, 0.25) is 0 Å². The number of aliphatic hydroxyl groups excluding tert-OH is 1. The second-order valence-corrected chi connectivity index (χ2v) is 19.8. The Hall–Kier alpha value is -6.35. The predicted molar refractivity (Wildman–Crippen MR) is 268 cm³/mol. The summed E-state index contributed by atoms with van der Waals surface area (Å²) in [5.74, 6) is -5.04. The lowest BCUT2D eigenvalue weighted by Crippen LogP contribution is -2.63. The SMILES string of the molecule is CCCCOc1noc2c1C(=O)[C@@]1(O)C(=O)C3=C(O)c4c(c(F)c(CN(CC(=O)OCc5ccccc5)CC(C)C)c(N(Cc5ccccc5)Cc5ccccc5)c4OCCCC)C[C@H]3C[C@H]1[C@@H]2N(C)C. The summed E-state index contributed by atoms with van der Waals surface area (Å²) in [6, 6.07) is 28.2. The highest BCUT2D eigenvalue weighted by Gasteiger charge is 2.65. The Balaban J connectivity index is 1.32. The largest absolute Gasteiger partial charge is 0.507 e. The van der Waals surface area contributed by atoms with Gasteiger partial charge in [-0.2, -0.15) is 0 Å². The molecule has 1 aromatic heterocycles. The van der Waals surface area contributed by atoms with Crippen molar-refractivity contribution in [3.8, 4) is 11.6 Å². The first-order valence-corrected chi connectivity index (χ1v) is 25.0. The molecular weight excluding hydrogens is 904 g/mol. The Bertz CT molecular complexity index is 2670. The Morgan fingerprint density at radius 3 is 2.01 bits per heavy atom. The number of esters is 1. The average Bonchev–Trinajstić information content (AvgIpc) is 3.77. The van der Waals surface area contributed by atoms with Crippen LogP contribution in [0.25, 0.3) is 5.76 Å². The van der Waals surface area contributed by atoms with E-state index in [1.807, 2.05) is 128 Å². The van der Waals surface area contributed by atoms with Gasteiger partial charge in [0.1, 0.15) is 23.7 Å². The number of aliphatic hydroxyl groups is 2. The number of hydrogen-bond donors (Lipinski definition) is 2. The molecule has 8 rings (SSSR count). The molecule has 71 heavy (non-hydrogen) atoms. The molecule has 0 bridgehead atoms. The summed E-state index contributed by atoms with van der Waals surface area (Å²) in [5, 5.41) is 29.8. The van der Waals surface area contributed by atoms with E-state index in [0.717, 1.165) is 29.5 Å². The first kappa shape index (κ1) is 51.0. The van der Waals surface area contributed by atoms with Crippen LogP contribution in [0.15, 0.2) is 101 Å². The van der Waals surface area contributed by atoms with Crippen LogP contribution in [0.5, 0.6) is 11.6 Å². The van der Waals surface area contributed by atoms with Crippen LogP contribution in [0, 0.1) is 23.6 Å². The summed E-state index contributed by atoms with van der Waals surface area (Å²) in [5.41, 5.74) is 0.546. The van der Waals surface area contributed by atoms with Crippen LogP contribution in [-0.2, 0) is 47.0 Å². The highest BCUT2D eigenvalue weighted by Crippen LogP contribution is 2.57. The maximum Gasteiger partial charge on any atom is 0.320 e. The number of ether oxygens (including phenoxy) is 3. The fraction of sp³-hybridized carbons (Fsp3) is 0.439. The molecule has 3 aliphatic rings. The first-order valence-electron chi connectivity index (χ1n) is 25.0. The number of Topliss-reactive ketones (excluding diaryl/α,β-unsaturated/α-hetero) is 2. The van der Waals surface area contributed by atoms with Gasteiger partial charge in [0.2, 0.25) is 11.6 Å². The Morgan fingerprint density at radius 2 is 1.44 bits per heavy atom. The summed E-state index contributed by atoms with van der Waals surface area (Å²) < 4.78 is 43.0. The molecule has 13 nitrogen and oxygen atoms in total. The minimum Gasteiger partial charge on any atom is -0.507 e. The molecule has 0 unspecified atom stereocenters. The number of hydrogen-bond acceptors (Lipinski definition) is 13. The van der Waals surface area contributed by atoms with E-state index < -0.39 is 52.6 Å². The monoisotopic (exact) mass is 970 g/mol. The molecule has 0 amide bonds. The lowest BCUT2D eigenvalue weighted by molar-refractivity contribution is -0.146. The third-order valence-corrected chi connectivity index (χ3v) is 13.9. The van der Waals surface area contributed by atoms with Gasteiger partial charge in [0.05, 0.1) is 37.1 Å². The second kappa shape index (κ2) is 22.4. The maximum atomic E-state index is 18.7. The predicted octanol–water partition coefficient (Wildman–Crippen LogP) is 9.84. The van der Waals surface area contributed by atoms with Crippen molar-refractivity contribution in [1.29, 1.82) is 0 Å². The van der Waals surface area contributed by atoms with Gasteiger partial charge < -0.3 is 33.8 Å². The van der Waals surface area contributed by atoms with Crippen molar-refractivity contribution in [3.05, 3.63) is 147 Å². The van der Waals surface area contributed by atoms with Gasteiger partial charge in [-0.15, -0.1) is 0 Å². The minimum absolute atomic E-state index is 0.00415. The topological polar surface area (TPSA) is 155 Å². The number of fused-ring (bicyclic) bond motifs is 4. The van der Waals surface area contributed by atoms with Crippen molar-refractivity contribution < 1.29 is 47.7 Å². The second-order valence-electron chi connectivity index (χ2n) is 19.8. The summed E-state index contributed by atoms with van der Waals surface area (Å²) in [6.07, 6.45) is 2.84. The third-order valence-electron chi connectivity index (χ3n) is 13.9. The third kappa shape index (κ3) is 10.5. The minimum atomic E-state index is -2.64. The number of carbonyl (C=O) groups is 3. The van der Waals surface area contributed by atoms with Gasteiger partial charge in [-0.1, -0.05) is 132 Å². The quantitative estimate of drug-likeness (QED) is 0.0385. The number of nitrogens with zero attached hydrogens (tertiary/aromatic N) is 4. The normalized spacial score (nSPS) is 19.4. The van der Waals surface area contributed by atoms with Crippen molar-refractivity contribution in [3.63, 3.8) is 0 Å². The molecule has 1 saturated carbocycles. The van der Waals surface area contributed by atoms with Gasteiger partial charge in [0.25, 0.3) is 5.88 Å². The zero-order chi connectivity index (χ0) is 50.4. The van der Waals surface area contributed by atoms with Crippen molar-refractivity contribution >= 4 is 29.0 Å². The van der Waals surface area contributed by atoms with Gasteiger partial charge in [0.15, 0.2) is 17.1 Å². The lowest BCUT2D eigenvalue weighted by Gasteiger charge is -2.49. The van der Waals surface area contributed by atoms with E-state index in [9.17, 15) is 19.8 Å². The van der Waals surface area contributed by atoms with E-state index in [1.54, 1.807) is 19.0 Å². The number of ketones is 2. The molecule has 14 heteroatoms. The molecule has 4 atom stereocenters. The smallest absolute Gasteiger partial charge is 0.320 e. The van der Waals surface area contributed by atoms with E-state index in [2.05, 4.69) is 5.16 Å². The molecule has 0 aliphatic heterocycles. The number of halogens is 1. The molecule has 1 heterocycles. The van der Waals surface area contributed by atoms with Crippen molar-refractivity contribution in [2.75, 3.05) is 45.3 Å². The molecule has 0 radical (unpaired) electrons. The maximum absolute atomic E-state index is 18.7. The van der Waals surface area contributed by atoms with Crippen LogP contribution in [0.1, 0.15) is 115 Å². The number of aromatic nitrogens is 1. The molecule has 0 saturated heterocycles. The summed E-state index contributed by atoms with van der Waals surface area (Å²) in [6.45, 7) is 9.45. The van der Waals surface area contributed by atoms with Gasteiger partial charge in [-0.25, -0.2) is 4.39 Å². The average molecular weight is 971 g/mol. The van der Waals surface area contributed by atoms with Crippen LogP contribution >= 0.6 is 0 Å². The fourth-order valence-electron chi connectivity index (χ4n) is 10.6. The molecule has 3 aliphatic carbocycles. The summed E-state index contributed by atoms with van der Waals surface area (Å²) in [7, 11) is 3.53. The zero-order valence-corrected chi connectivity index (χ0v) is 41.8. The molecule has 376 valence electrons. The molecule has 1 fully saturated rings. The van der Waals surface area contributed by atoms with Crippen LogP contribution in [-0.4, -0.2) is 88.7 Å². The number of unbranched alkanes of at least 4 members (excludes halogenated alkanes) is 2. The van der Waals surface area contributed by atoms with Crippen LogP contribution in [0.4, 0.5) is 10.1 Å². The molecule has 4 aromatic carbocycles. The summed E-state index contributed by atoms with van der Waals surface area (Å²) in [4.78, 5) is 49.6. The van der Waals surface area contributed by atoms with Gasteiger partial charge in [-0.05, 0) is 73.5 Å². The van der Waals surface area contributed by atoms with E-state index in [4.69, 9.17) is 18.7 Å². The number of anilines is 1. The first-order chi connectivity index (χ1) is 34.3. The Labute approximate surface area is 416 Å². The Kier molecular flexibility index (Phi) is 16.1. The van der Waals surface area contributed by atoms with E-state index >= 15 is 9.18 Å². The molecule has 0 spiro atoms.